The van der Waals surface area contributed by atoms with Crippen molar-refractivity contribution in [1.29, 1.82) is 0 Å². The van der Waals surface area contributed by atoms with Crippen LogP contribution >= 0.6 is 31.9 Å². The Bertz CT molecular complexity index is 1190. The zero-order chi connectivity index (χ0) is 21.4. The highest BCUT2D eigenvalue weighted by atomic mass is 79.9. The van der Waals surface area contributed by atoms with Crippen LogP contribution in [-0.4, -0.2) is 22.2 Å². The number of hydrogen-bond donors (Lipinski definition) is 2. The molecule has 0 unspecified atom stereocenters. The van der Waals surface area contributed by atoms with Crippen molar-refractivity contribution < 1.29 is 19.8 Å². The van der Waals surface area contributed by atoms with Crippen molar-refractivity contribution in [2.24, 2.45) is 0 Å². The van der Waals surface area contributed by atoms with E-state index >= 15 is 0 Å². The third-order valence-corrected chi connectivity index (χ3v) is 5.98. The minimum absolute atomic E-state index is 0.162. The molecule has 0 spiro atoms. The van der Waals surface area contributed by atoms with E-state index in [-0.39, 0.29) is 11.1 Å². The Kier molecular flexibility index (Phi) is 5.45. The van der Waals surface area contributed by atoms with Crippen molar-refractivity contribution in [3.63, 3.8) is 0 Å². The van der Waals surface area contributed by atoms with Crippen LogP contribution in [0.4, 0.5) is 0 Å². The number of aromatic carboxylic acids is 2. The van der Waals surface area contributed by atoms with Crippen molar-refractivity contribution in [1.82, 2.24) is 0 Å². The number of benzene rings is 4. The average molecular weight is 526 g/mol. The van der Waals surface area contributed by atoms with E-state index in [0.29, 0.717) is 21.9 Å². The summed E-state index contributed by atoms with van der Waals surface area (Å²) in [5, 5.41) is 20.9. The van der Waals surface area contributed by atoms with Crippen molar-refractivity contribution in [2.75, 3.05) is 0 Å². The molecule has 4 aromatic carbocycles. The van der Waals surface area contributed by atoms with Crippen LogP contribution in [-0.2, 0) is 0 Å². The summed E-state index contributed by atoms with van der Waals surface area (Å²) in [6.45, 7) is 0. The van der Waals surface area contributed by atoms with Crippen LogP contribution in [0.15, 0.2) is 81.7 Å². The summed E-state index contributed by atoms with van der Waals surface area (Å²) < 4.78 is 1.76. The zero-order valence-corrected chi connectivity index (χ0v) is 18.6. The van der Waals surface area contributed by atoms with Gasteiger partial charge in [0.1, 0.15) is 0 Å². The molecule has 30 heavy (non-hydrogen) atoms. The molecule has 0 aliphatic heterocycles. The number of carbonyl (C=O) groups is 2. The largest absolute Gasteiger partial charge is 0.478 e. The van der Waals surface area contributed by atoms with Gasteiger partial charge in [-0.2, -0.15) is 0 Å². The van der Waals surface area contributed by atoms with Gasteiger partial charge >= 0.3 is 11.9 Å². The lowest BCUT2D eigenvalue weighted by Crippen LogP contribution is -2.04. The van der Waals surface area contributed by atoms with Crippen LogP contribution in [0.2, 0.25) is 0 Å². The van der Waals surface area contributed by atoms with Gasteiger partial charge in [-0.05, 0) is 58.3 Å². The average Bonchev–Trinajstić information content (AvgIpc) is 2.73. The lowest BCUT2D eigenvalue weighted by atomic mass is 9.87. The van der Waals surface area contributed by atoms with E-state index in [1.165, 1.54) is 12.1 Å². The predicted molar refractivity (Wildman–Crippen MR) is 124 cm³/mol. The van der Waals surface area contributed by atoms with Gasteiger partial charge in [0.2, 0.25) is 0 Å². The van der Waals surface area contributed by atoms with Gasteiger partial charge in [0.15, 0.2) is 0 Å². The van der Waals surface area contributed by atoms with Crippen molar-refractivity contribution in [3.05, 3.63) is 92.9 Å². The number of hydrogen-bond acceptors (Lipinski definition) is 2. The highest BCUT2D eigenvalue weighted by Crippen LogP contribution is 2.39. The van der Waals surface area contributed by atoms with Gasteiger partial charge in [0, 0.05) is 20.1 Å². The summed E-state index contributed by atoms with van der Waals surface area (Å²) in [6.07, 6.45) is 0. The topological polar surface area (TPSA) is 74.6 Å². The first-order valence-electron chi connectivity index (χ1n) is 8.95. The maximum atomic E-state index is 12.0. The van der Waals surface area contributed by atoms with E-state index in [0.717, 1.165) is 20.1 Å². The third-order valence-electron chi connectivity index (χ3n) is 4.93. The lowest BCUT2D eigenvalue weighted by molar-refractivity contribution is 0.0686. The van der Waals surface area contributed by atoms with Gasteiger partial charge in [-0.15, -0.1) is 0 Å². The van der Waals surface area contributed by atoms with Gasteiger partial charge in [-0.1, -0.05) is 68.3 Å². The molecular weight excluding hydrogens is 512 g/mol. The fraction of sp³-hybridized carbons (Fsp3) is 0. The quantitative estimate of drug-likeness (QED) is 0.298. The molecule has 0 radical (unpaired) electrons. The molecule has 2 N–H and O–H groups in total. The van der Waals surface area contributed by atoms with Crippen molar-refractivity contribution in [2.45, 2.75) is 0 Å². The predicted octanol–water partition coefficient (Wildman–Crippen LogP) is 7.10. The fourth-order valence-corrected chi connectivity index (χ4v) is 4.15. The Morgan fingerprint density at radius 2 is 0.867 bits per heavy atom. The number of rotatable bonds is 4. The highest BCUT2D eigenvalue weighted by Gasteiger charge is 2.21. The van der Waals surface area contributed by atoms with E-state index in [4.69, 9.17) is 0 Å². The number of carboxylic acids is 2. The van der Waals surface area contributed by atoms with Gasteiger partial charge in [0.25, 0.3) is 0 Å². The number of carboxylic acid groups (broad SMARTS) is 2. The maximum Gasteiger partial charge on any atom is 0.336 e. The molecule has 0 amide bonds. The SMILES string of the molecule is O=C(O)c1ccc2c(-c3ccc(Br)cc3)c(C(=O)O)ccc2c1-c1ccc(Br)cc1. The molecule has 0 saturated heterocycles. The van der Waals surface area contributed by atoms with Crippen LogP contribution in [0.25, 0.3) is 33.0 Å². The third kappa shape index (κ3) is 3.64. The number of halogens is 2. The van der Waals surface area contributed by atoms with E-state index in [1.54, 1.807) is 12.1 Å². The second kappa shape index (κ2) is 8.05. The maximum absolute atomic E-state index is 12.0. The molecule has 0 aromatic heterocycles. The van der Waals surface area contributed by atoms with Crippen LogP contribution in [0.1, 0.15) is 20.7 Å². The van der Waals surface area contributed by atoms with E-state index in [1.807, 2.05) is 48.5 Å². The van der Waals surface area contributed by atoms with Crippen LogP contribution in [0.3, 0.4) is 0 Å². The van der Waals surface area contributed by atoms with Crippen LogP contribution < -0.4 is 0 Å². The summed E-state index contributed by atoms with van der Waals surface area (Å²) in [7, 11) is 0. The molecule has 4 aromatic rings. The molecule has 0 fully saturated rings. The summed E-state index contributed by atoms with van der Waals surface area (Å²) >= 11 is 6.81. The fourth-order valence-electron chi connectivity index (χ4n) is 3.62. The molecule has 4 nitrogen and oxygen atoms in total. The van der Waals surface area contributed by atoms with Crippen LogP contribution in [0, 0.1) is 0 Å². The monoisotopic (exact) mass is 524 g/mol. The lowest BCUT2D eigenvalue weighted by Gasteiger charge is -2.16. The smallest absolute Gasteiger partial charge is 0.336 e. The van der Waals surface area contributed by atoms with Gasteiger partial charge in [0.05, 0.1) is 11.1 Å². The highest BCUT2D eigenvalue weighted by molar-refractivity contribution is 9.10. The summed E-state index contributed by atoms with van der Waals surface area (Å²) in [6, 6.07) is 21.2. The second-order valence-corrected chi connectivity index (χ2v) is 8.53. The molecule has 0 bridgehead atoms. The van der Waals surface area contributed by atoms with Crippen molar-refractivity contribution >= 4 is 54.6 Å². The van der Waals surface area contributed by atoms with E-state index < -0.39 is 11.9 Å². The molecule has 0 aliphatic rings. The Morgan fingerprint density at radius 3 is 1.17 bits per heavy atom. The van der Waals surface area contributed by atoms with Crippen molar-refractivity contribution in [3.8, 4) is 22.3 Å². The summed E-state index contributed by atoms with van der Waals surface area (Å²) in [4.78, 5) is 23.9. The minimum atomic E-state index is -1.04. The zero-order valence-electron chi connectivity index (χ0n) is 15.4. The first-order valence-corrected chi connectivity index (χ1v) is 10.5. The molecule has 0 heterocycles. The standard InChI is InChI=1S/C24H14Br2O4/c25-15-5-1-13(2-6-15)21-17-9-12-20(24(29)30)22(14-3-7-16(26)8-4-14)18(17)10-11-19(21)23(27)28/h1-12H,(H,27,28)(H,29,30). The summed E-state index contributed by atoms with van der Waals surface area (Å²) in [5.74, 6) is -2.08. The molecular formula is C24H14Br2O4. The van der Waals surface area contributed by atoms with Gasteiger partial charge in [-0.25, -0.2) is 9.59 Å². The Balaban J connectivity index is 2.13. The first kappa shape index (κ1) is 20.3. The molecule has 6 heteroatoms. The number of fused-ring (bicyclic) bond motifs is 1. The summed E-state index contributed by atoms with van der Waals surface area (Å²) in [5.41, 5.74) is 2.92. The molecule has 0 saturated carbocycles. The normalized spacial score (nSPS) is 10.9. The van der Waals surface area contributed by atoms with Gasteiger partial charge in [-0.3, -0.25) is 0 Å². The molecule has 148 valence electrons. The van der Waals surface area contributed by atoms with Crippen LogP contribution in [0.5, 0.6) is 0 Å². The molecule has 4 rings (SSSR count). The Morgan fingerprint density at radius 1 is 0.533 bits per heavy atom. The van der Waals surface area contributed by atoms with E-state index in [9.17, 15) is 19.8 Å². The Labute approximate surface area is 189 Å². The van der Waals surface area contributed by atoms with E-state index in [2.05, 4.69) is 31.9 Å². The molecule has 0 atom stereocenters. The Hall–Kier alpha value is -2.96. The molecule has 0 aliphatic carbocycles. The first-order chi connectivity index (χ1) is 14.4. The van der Waals surface area contributed by atoms with Gasteiger partial charge < -0.3 is 10.2 Å². The second-order valence-electron chi connectivity index (χ2n) is 6.70. The minimum Gasteiger partial charge on any atom is -0.478 e.